The molecule has 1 unspecified atom stereocenters. The lowest BCUT2D eigenvalue weighted by Crippen LogP contribution is -2.35. The molecule has 2 aromatic rings. The van der Waals surface area contributed by atoms with E-state index in [0.717, 1.165) is 15.6 Å². The number of Topliss-reactive ketones (excluding diaryl/α,β-unsaturated/α-hetero) is 1. The lowest BCUT2D eigenvalue weighted by Gasteiger charge is -2.35. The van der Waals surface area contributed by atoms with Crippen molar-refractivity contribution in [1.82, 2.24) is 4.90 Å². The summed E-state index contributed by atoms with van der Waals surface area (Å²) in [7, 11) is 0. The van der Waals surface area contributed by atoms with Crippen LogP contribution in [0.4, 0.5) is 13.2 Å². The van der Waals surface area contributed by atoms with E-state index in [9.17, 15) is 18.0 Å². The van der Waals surface area contributed by atoms with Gasteiger partial charge in [-0.2, -0.15) is 13.2 Å². The van der Waals surface area contributed by atoms with Gasteiger partial charge in [-0.05, 0) is 43.2 Å². The molecule has 0 bridgehead atoms. The molecule has 0 radical (unpaired) electrons. The van der Waals surface area contributed by atoms with Crippen LogP contribution in [0, 0.1) is 0 Å². The number of ketones is 1. The highest BCUT2D eigenvalue weighted by Crippen LogP contribution is 2.42. The van der Waals surface area contributed by atoms with Gasteiger partial charge in [0.25, 0.3) is 0 Å². The molecule has 0 saturated carbocycles. The van der Waals surface area contributed by atoms with E-state index in [4.69, 9.17) is 0 Å². The largest absolute Gasteiger partial charge is 0.406 e. The lowest BCUT2D eigenvalue weighted by molar-refractivity contribution is -0.139. The smallest absolute Gasteiger partial charge is 0.340 e. The van der Waals surface area contributed by atoms with Gasteiger partial charge in [-0.3, -0.25) is 4.79 Å². The molecular formula is C19H18F3NOS. The predicted octanol–water partition coefficient (Wildman–Crippen LogP) is 5.63. The number of nitrogens with zero attached hydrogens (tertiary/aromatic N) is 1. The van der Waals surface area contributed by atoms with Crippen LogP contribution < -0.4 is 0 Å². The second-order valence-electron chi connectivity index (χ2n) is 6.23. The van der Waals surface area contributed by atoms with Crippen LogP contribution in [0.3, 0.4) is 0 Å². The maximum Gasteiger partial charge on any atom is 0.406 e. The second kappa shape index (κ2) is 6.33. The Hall–Kier alpha value is -2.08. The van der Waals surface area contributed by atoms with Gasteiger partial charge in [-0.15, -0.1) is 11.3 Å². The van der Waals surface area contributed by atoms with Crippen molar-refractivity contribution < 1.29 is 18.0 Å². The molecule has 0 fully saturated rings. The zero-order chi connectivity index (χ0) is 18.4. The van der Waals surface area contributed by atoms with Crippen molar-refractivity contribution in [2.75, 3.05) is 6.54 Å². The SMILES string of the molecule is CC(=O)C1=C(C)N(CC(F)(F)F)C(C)=CC1c1csc2ccccc12. The summed E-state index contributed by atoms with van der Waals surface area (Å²) in [5, 5.41) is 3.03. The van der Waals surface area contributed by atoms with Gasteiger partial charge in [-0.1, -0.05) is 24.3 Å². The molecule has 0 saturated heterocycles. The standard InChI is InChI=1S/C19H18F3NOS/c1-11-8-15(16-9-25-17-7-5-4-6-14(16)17)18(13(3)24)12(2)23(11)10-19(20,21)22/h4-9,15H,10H2,1-3H3. The summed E-state index contributed by atoms with van der Waals surface area (Å²) in [6.45, 7) is 3.59. The van der Waals surface area contributed by atoms with Crippen LogP contribution in [-0.4, -0.2) is 23.4 Å². The third-order valence-corrected chi connectivity index (χ3v) is 5.48. The van der Waals surface area contributed by atoms with Gasteiger partial charge in [0, 0.05) is 27.6 Å². The van der Waals surface area contributed by atoms with E-state index in [1.807, 2.05) is 29.6 Å². The Labute approximate surface area is 148 Å². The summed E-state index contributed by atoms with van der Waals surface area (Å²) in [6, 6.07) is 7.86. The summed E-state index contributed by atoms with van der Waals surface area (Å²) in [6.07, 6.45) is -2.57. The van der Waals surface area contributed by atoms with E-state index in [1.54, 1.807) is 31.3 Å². The molecule has 1 aliphatic heterocycles. The Morgan fingerprint density at radius 3 is 2.56 bits per heavy atom. The number of alkyl halides is 3. The second-order valence-corrected chi connectivity index (χ2v) is 7.14. The maximum absolute atomic E-state index is 12.9. The fraction of sp³-hybridized carbons (Fsp3) is 0.316. The van der Waals surface area contributed by atoms with Crippen molar-refractivity contribution in [2.24, 2.45) is 0 Å². The van der Waals surface area contributed by atoms with Crippen LogP contribution in [-0.2, 0) is 4.79 Å². The third-order valence-electron chi connectivity index (χ3n) is 4.50. The van der Waals surface area contributed by atoms with Gasteiger partial charge < -0.3 is 4.90 Å². The van der Waals surface area contributed by atoms with Gasteiger partial charge >= 0.3 is 6.18 Å². The number of hydrogen-bond acceptors (Lipinski definition) is 3. The average molecular weight is 365 g/mol. The first-order valence-electron chi connectivity index (χ1n) is 7.89. The quantitative estimate of drug-likeness (QED) is 0.703. The zero-order valence-corrected chi connectivity index (χ0v) is 15.0. The monoisotopic (exact) mass is 365 g/mol. The Morgan fingerprint density at radius 2 is 1.92 bits per heavy atom. The molecule has 25 heavy (non-hydrogen) atoms. The van der Waals surface area contributed by atoms with Crippen LogP contribution in [0.1, 0.15) is 32.3 Å². The molecule has 0 amide bonds. The highest BCUT2D eigenvalue weighted by molar-refractivity contribution is 7.17. The van der Waals surface area contributed by atoms with Gasteiger partial charge in [0.15, 0.2) is 5.78 Å². The minimum Gasteiger partial charge on any atom is -0.340 e. The topological polar surface area (TPSA) is 20.3 Å². The minimum absolute atomic E-state index is 0.200. The van der Waals surface area contributed by atoms with Crippen molar-refractivity contribution in [1.29, 1.82) is 0 Å². The number of carbonyl (C=O) groups excluding carboxylic acids is 1. The van der Waals surface area contributed by atoms with Crippen molar-refractivity contribution in [3.05, 3.63) is 58.3 Å². The molecule has 2 heterocycles. The minimum atomic E-state index is -4.33. The predicted molar refractivity (Wildman–Crippen MR) is 94.5 cm³/mol. The van der Waals surface area contributed by atoms with Crippen LogP contribution in [0.25, 0.3) is 10.1 Å². The van der Waals surface area contributed by atoms with Gasteiger partial charge in [0.1, 0.15) is 6.54 Å². The van der Waals surface area contributed by atoms with E-state index in [1.165, 1.54) is 11.8 Å². The number of carbonyl (C=O) groups is 1. The molecule has 0 spiro atoms. The third kappa shape index (κ3) is 3.35. The average Bonchev–Trinajstić information content (AvgIpc) is 2.93. The molecule has 132 valence electrons. The number of thiophene rings is 1. The van der Waals surface area contributed by atoms with E-state index < -0.39 is 12.7 Å². The summed E-state index contributed by atoms with van der Waals surface area (Å²) >= 11 is 1.58. The summed E-state index contributed by atoms with van der Waals surface area (Å²) in [5.41, 5.74) is 2.29. The normalized spacial score (nSPS) is 18.7. The number of benzene rings is 1. The Balaban J connectivity index is 2.13. The van der Waals surface area contributed by atoms with Crippen LogP contribution in [0.15, 0.2) is 52.7 Å². The van der Waals surface area contributed by atoms with Crippen molar-refractivity contribution in [3.63, 3.8) is 0 Å². The fourth-order valence-electron chi connectivity index (χ4n) is 3.43. The molecule has 2 nitrogen and oxygen atoms in total. The number of allylic oxidation sites excluding steroid dienone is 4. The highest BCUT2D eigenvalue weighted by Gasteiger charge is 2.36. The van der Waals surface area contributed by atoms with Crippen LogP contribution in [0.2, 0.25) is 0 Å². The first kappa shape index (κ1) is 17.7. The fourth-order valence-corrected chi connectivity index (χ4v) is 4.43. The van der Waals surface area contributed by atoms with E-state index in [-0.39, 0.29) is 11.7 Å². The first-order chi connectivity index (χ1) is 11.7. The van der Waals surface area contributed by atoms with Crippen molar-refractivity contribution in [2.45, 2.75) is 32.9 Å². The zero-order valence-electron chi connectivity index (χ0n) is 14.1. The van der Waals surface area contributed by atoms with Crippen molar-refractivity contribution >= 4 is 27.2 Å². The number of halogens is 3. The molecule has 3 rings (SSSR count). The number of fused-ring (bicyclic) bond motifs is 1. The molecule has 1 aromatic carbocycles. The summed E-state index contributed by atoms with van der Waals surface area (Å²) in [5.74, 6) is -0.521. The number of hydrogen-bond donors (Lipinski definition) is 0. The maximum atomic E-state index is 12.9. The van der Waals surface area contributed by atoms with E-state index >= 15 is 0 Å². The van der Waals surface area contributed by atoms with Gasteiger partial charge in [0.05, 0.1) is 0 Å². The highest BCUT2D eigenvalue weighted by atomic mass is 32.1. The van der Waals surface area contributed by atoms with Gasteiger partial charge in [0.2, 0.25) is 0 Å². The Bertz CT molecular complexity index is 891. The Morgan fingerprint density at radius 1 is 1.24 bits per heavy atom. The Kier molecular flexibility index (Phi) is 4.49. The van der Waals surface area contributed by atoms with E-state index in [2.05, 4.69) is 0 Å². The molecule has 1 aliphatic rings. The van der Waals surface area contributed by atoms with Crippen LogP contribution >= 0.6 is 11.3 Å². The molecule has 1 aromatic heterocycles. The molecule has 0 N–H and O–H groups in total. The molecule has 0 aliphatic carbocycles. The molecule has 1 atom stereocenters. The molecule has 6 heteroatoms. The first-order valence-corrected chi connectivity index (χ1v) is 8.77. The van der Waals surface area contributed by atoms with Gasteiger partial charge in [-0.25, -0.2) is 0 Å². The number of rotatable bonds is 3. The summed E-state index contributed by atoms with van der Waals surface area (Å²) in [4.78, 5) is 13.5. The van der Waals surface area contributed by atoms with Crippen LogP contribution in [0.5, 0.6) is 0 Å². The molecular weight excluding hydrogens is 347 g/mol. The summed E-state index contributed by atoms with van der Waals surface area (Å²) < 4.78 is 39.9. The van der Waals surface area contributed by atoms with E-state index in [0.29, 0.717) is 17.0 Å². The lowest BCUT2D eigenvalue weighted by atomic mass is 9.84. The van der Waals surface area contributed by atoms with Crippen molar-refractivity contribution in [3.8, 4) is 0 Å².